The Labute approximate surface area is 185 Å². The zero-order valence-electron chi connectivity index (χ0n) is 17.6. The van der Waals surface area contributed by atoms with Crippen LogP contribution in [0.2, 0.25) is 0 Å². The first-order valence-electron chi connectivity index (χ1n) is 11.0. The minimum Gasteiger partial charge on any atom is -0.396 e. The summed E-state index contributed by atoms with van der Waals surface area (Å²) in [5, 5.41) is 13.9. The molecule has 1 atom stereocenters. The minimum absolute atomic E-state index is 0.283. The molecule has 30 heavy (non-hydrogen) atoms. The van der Waals surface area contributed by atoms with Crippen molar-refractivity contribution in [2.75, 3.05) is 43.0 Å². The van der Waals surface area contributed by atoms with E-state index in [1.54, 1.807) is 11.3 Å². The van der Waals surface area contributed by atoms with E-state index < -0.39 is 11.0 Å². The fraction of sp³-hybridized carbons (Fsp3) is 0.591. The van der Waals surface area contributed by atoms with Crippen LogP contribution in [0.5, 0.6) is 0 Å². The van der Waals surface area contributed by atoms with Crippen LogP contribution in [-0.4, -0.2) is 57.4 Å². The van der Waals surface area contributed by atoms with Gasteiger partial charge in [0.1, 0.15) is 11.0 Å². The maximum atomic E-state index is 13.2. The number of hydrogen-bond donors (Lipinski definition) is 2. The minimum atomic E-state index is -1.13. The highest BCUT2D eigenvalue weighted by Gasteiger charge is 2.25. The van der Waals surface area contributed by atoms with E-state index in [0.29, 0.717) is 12.0 Å². The van der Waals surface area contributed by atoms with Crippen LogP contribution in [0.1, 0.15) is 37.5 Å². The van der Waals surface area contributed by atoms with Gasteiger partial charge in [-0.25, -0.2) is 13.5 Å². The van der Waals surface area contributed by atoms with Crippen LogP contribution in [0.25, 0.3) is 0 Å². The fourth-order valence-corrected chi connectivity index (χ4v) is 6.28. The van der Waals surface area contributed by atoms with Gasteiger partial charge in [0.15, 0.2) is 5.13 Å². The molecule has 2 N–H and O–H groups in total. The summed E-state index contributed by atoms with van der Waals surface area (Å²) < 4.78 is 15.3. The lowest BCUT2D eigenvalue weighted by atomic mass is 9.97. The van der Waals surface area contributed by atoms with Crippen molar-refractivity contribution in [3.05, 3.63) is 35.3 Å². The maximum Gasteiger partial charge on any atom is 0.183 e. The molecule has 8 heteroatoms. The lowest BCUT2D eigenvalue weighted by Crippen LogP contribution is -2.40. The summed E-state index contributed by atoms with van der Waals surface area (Å²) in [6, 6.07) is 8.58. The Hall–Kier alpha value is -1.48. The normalized spacial score (nSPS) is 20.4. The van der Waals surface area contributed by atoms with Crippen molar-refractivity contribution in [1.29, 1.82) is 0 Å². The smallest absolute Gasteiger partial charge is 0.183 e. The molecule has 2 fully saturated rings. The second kappa shape index (κ2) is 10.2. The third-order valence-electron chi connectivity index (χ3n) is 6.18. The molecule has 0 aliphatic carbocycles. The van der Waals surface area contributed by atoms with Gasteiger partial charge in [0.05, 0.1) is 4.90 Å². The van der Waals surface area contributed by atoms with Crippen LogP contribution in [0.3, 0.4) is 0 Å². The zero-order chi connectivity index (χ0) is 20.9. The molecule has 0 radical (unpaired) electrons. The molecule has 1 unspecified atom stereocenters. The van der Waals surface area contributed by atoms with Crippen LogP contribution in [0.15, 0.2) is 35.4 Å². The number of nitrogens with zero attached hydrogens (tertiary/aromatic N) is 3. The lowest BCUT2D eigenvalue weighted by molar-refractivity contribution is 0.203. The summed E-state index contributed by atoms with van der Waals surface area (Å²) in [6.45, 7) is 5.98. The van der Waals surface area contributed by atoms with Gasteiger partial charge < -0.3 is 15.3 Å². The first-order chi connectivity index (χ1) is 14.7. The molecule has 6 nitrogen and oxygen atoms in total. The molecule has 4 rings (SSSR count). The molecule has 0 amide bonds. The molecular formula is C22H32N4O2S2. The topological polar surface area (TPSA) is 68.7 Å². The predicted molar refractivity (Wildman–Crippen MR) is 125 cm³/mol. The molecule has 1 aromatic heterocycles. The molecular weight excluding hydrogens is 416 g/mol. The van der Waals surface area contributed by atoms with Crippen molar-refractivity contribution in [1.82, 2.24) is 9.29 Å². The number of aliphatic hydroxyl groups is 1. The summed E-state index contributed by atoms with van der Waals surface area (Å²) >= 11 is 1.73. The standard InChI is InChI=1S/C22H32N4O2S2/c1-2-20-15-23-22(29-20)24-18-8-12-26(13-9-18)30(28)21-5-3-4-19(14-21)25-10-6-17(16-27)7-11-25/h3-5,14-15,17-18,27H,2,6-13,16H2,1H3,(H,23,24). The molecule has 0 saturated carbocycles. The van der Waals surface area contributed by atoms with Gasteiger partial charge in [0, 0.05) is 55.6 Å². The number of hydrogen-bond acceptors (Lipinski definition) is 6. The quantitative estimate of drug-likeness (QED) is 0.678. The Bertz CT molecular complexity index is 843. The Morgan fingerprint density at radius 1 is 1.20 bits per heavy atom. The second-order valence-corrected chi connectivity index (χ2v) is 10.8. The maximum absolute atomic E-state index is 13.2. The number of anilines is 2. The number of thiazole rings is 1. The highest BCUT2D eigenvalue weighted by Crippen LogP contribution is 2.27. The molecule has 164 valence electrons. The van der Waals surface area contributed by atoms with Gasteiger partial charge in [0.2, 0.25) is 0 Å². The summed E-state index contributed by atoms with van der Waals surface area (Å²) in [5.41, 5.74) is 1.14. The molecule has 2 aliphatic heterocycles. The van der Waals surface area contributed by atoms with Crippen LogP contribution in [0.4, 0.5) is 10.8 Å². The van der Waals surface area contributed by atoms with Gasteiger partial charge in [-0.2, -0.15) is 0 Å². The Morgan fingerprint density at radius 3 is 2.63 bits per heavy atom. The van der Waals surface area contributed by atoms with E-state index in [4.69, 9.17) is 0 Å². The number of aryl methyl sites for hydroxylation is 1. The fourth-order valence-electron chi connectivity index (χ4n) is 4.19. The SMILES string of the molecule is CCc1cnc(NC2CCN(S(=O)c3cccc(N4CCC(CO)CC4)c3)CC2)s1. The van der Waals surface area contributed by atoms with Crippen molar-refractivity contribution in [2.45, 2.75) is 50.0 Å². The Kier molecular flexibility index (Phi) is 7.41. The van der Waals surface area contributed by atoms with Gasteiger partial charge in [0.25, 0.3) is 0 Å². The van der Waals surface area contributed by atoms with Crippen molar-refractivity contribution in [3.63, 3.8) is 0 Å². The van der Waals surface area contributed by atoms with Crippen LogP contribution in [0, 0.1) is 5.92 Å². The molecule has 2 saturated heterocycles. The van der Waals surface area contributed by atoms with Crippen LogP contribution >= 0.6 is 11.3 Å². The lowest BCUT2D eigenvalue weighted by Gasteiger charge is -2.33. The molecule has 1 aromatic carbocycles. The number of benzene rings is 1. The second-order valence-electron chi connectivity index (χ2n) is 8.19. The Balaban J connectivity index is 1.32. The van der Waals surface area contributed by atoms with E-state index >= 15 is 0 Å². The first-order valence-corrected chi connectivity index (χ1v) is 12.9. The highest BCUT2D eigenvalue weighted by atomic mass is 32.2. The summed E-state index contributed by atoms with van der Waals surface area (Å²) in [6.07, 6.45) is 6.96. The van der Waals surface area contributed by atoms with Crippen LogP contribution in [-0.2, 0) is 17.4 Å². The number of rotatable bonds is 7. The molecule has 0 bridgehead atoms. The summed E-state index contributed by atoms with van der Waals surface area (Å²) in [7, 11) is -1.13. The molecule has 2 aliphatic rings. The molecule has 0 spiro atoms. The van der Waals surface area contributed by atoms with E-state index in [2.05, 4.69) is 38.6 Å². The number of piperidine rings is 2. The van der Waals surface area contributed by atoms with E-state index in [1.165, 1.54) is 4.88 Å². The average molecular weight is 449 g/mol. The van der Waals surface area contributed by atoms with Crippen molar-refractivity contribution >= 4 is 33.1 Å². The number of aromatic nitrogens is 1. The third-order valence-corrected chi connectivity index (χ3v) is 8.74. The van der Waals surface area contributed by atoms with Gasteiger partial charge in [-0.3, -0.25) is 0 Å². The molecule has 3 heterocycles. The van der Waals surface area contributed by atoms with Gasteiger partial charge in [-0.05, 0) is 56.2 Å². The first kappa shape index (κ1) is 21.7. The largest absolute Gasteiger partial charge is 0.396 e. The van der Waals surface area contributed by atoms with Crippen molar-refractivity contribution in [3.8, 4) is 0 Å². The van der Waals surface area contributed by atoms with Crippen molar-refractivity contribution in [2.24, 2.45) is 5.92 Å². The number of aliphatic hydroxyl groups excluding tert-OH is 1. The van der Waals surface area contributed by atoms with E-state index in [1.807, 2.05) is 18.3 Å². The number of nitrogens with one attached hydrogen (secondary N) is 1. The van der Waals surface area contributed by atoms with Crippen LogP contribution < -0.4 is 10.2 Å². The monoisotopic (exact) mass is 448 g/mol. The van der Waals surface area contributed by atoms with Gasteiger partial charge in [-0.1, -0.05) is 13.0 Å². The predicted octanol–water partition coefficient (Wildman–Crippen LogP) is 3.51. The van der Waals surface area contributed by atoms with Gasteiger partial charge in [-0.15, -0.1) is 11.3 Å². The van der Waals surface area contributed by atoms with E-state index in [9.17, 15) is 9.32 Å². The molecule has 2 aromatic rings. The Morgan fingerprint density at radius 2 is 1.97 bits per heavy atom. The highest BCUT2D eigenvalue weighted by molar-refractivity contribution is 7.82. The van der Waals surface area contributed by atoms with E-state index in [-0.39, 0.29) is 6.61 Å². The van der Waals surface area contributed by atoms with E-state index in [0.717, 1.165) is 74.0 Å². The average Bonchev–Trinajstić information content (AvgIpc) is 3.27. The summed E-state index contributed by atoms with van der Waals surface area (Å²) in [4.78, 5) is 9.00. The van der Waals surface area contributed by atoms with Gasteiger partial charge >= 0.3 is 0 Å². The van der Waals surface area contributed by atoms with Crippen molar-refractivity contribution < 1.29 is 9.32 Å². The summed E-state index contributed by atoms with van der Waals surface area (Å²) in [5.74, 6) is 0.423. The third kappa shape index (κ3) is 5.22. The zero-order valence-corrected chi connectivity index (χ0v) is 19.3.